The van der Waals surface area contributed by atoms with E-state index in [9.17, 15) is 0 Å². The van der Waals surface area contributed by atoms with Crippen molar-refractivity contribution in [2.24, 2.45) is 5.84 Å². The Morgan fingerprint density at radius 1 is 1.47 bits per heavy atom. The smallest absolute Gasteiger partial charge is 0.239 e. The second kappa shape index (κ2) is 5.21. The summed E-state index contributed by atoms with van der Waals surface area (Å²) in [4.78, 5) is 8.21. The zero-order chi connectivity index (χ0) is 12.1. The fourth-order valence-corrected chi connectivity index (χ4v) is 1.33. The van der Waals surface area contributed by atoms with E-state index in [2.05, 4.69) is 31.0 Å². The van der Waals surface area contributed by atoms with E-state index in [4.69, 9.17) is 5.84 Å². The molecule has 0 aliphatic carbocycles. The summed E-state index contributed by atoms with van der Waals surface area (Å²) in [5.74, 6) is 6.39. The van der Waals surface area contributed by atoms with Gasteiger partial charge in [-0.1, -0.05) is 5.21 Å². The Hall–Kier alpha value is -2.22. The monoisotopic (exact) mass is 234 g/mol. The molecule has 0 aliphatic rings. The Morgan fingerprint density at radius 3 is 3.06 bits per heavy atom. The zero-order valence-electron chi connectivity index (χ0n) is 9.46. The minimum Gasteiger partial charge on any atom is -0.368 e. The minimum atomic E-state index is 0.388. The van der Waals surface area contributed by atoms with Crippen LogP contribution in [0.25, 0.3) is 0 Å². The summed E-state index contributed by atoms with van der Waals surface area (Å²) in [6, 6.07) is 0. The SMILES string of the molecule is Cc1cnc(NN)nc1NCCn1ccnn1. The first kappa shape index (κ1) is 11.3. The molecule has 4 N–H and O–H groups in total. The van der Waals surface area contributed by atoms with Gasteiger partial charge in [-0.3, -0.25) is 10.1 Å². The molecule has 0 spiro atoms. The largest absolute Gasteiger partial charge is 0.368 e. The molecule has 0 bridgehead atoms. The third-order valence-electron chi connectivity index (χ3n) is 2.21. The summed E-state index contributed by atoms with van der Waals surface area (Å²) in [5, 5.41) is 10.8. The Morgan fingerprint density at radius 2 is 2.35 bits per heavy atom. The van der Waals surface area contributed by atoms with Crippen LogP contribution in [0.3, 0.4) is 0 Å². The quantitative estimate of drug-likeness (QED) is 0.484. The number of rotatable bonds is 5. The molecule has 8 nitrogen and oxygen atoms in total. The van der Waals surface area contributed by atoms with Crippen LogP contribution < -0.4 is 16.6 Å². The van der Waals surface area contributed by atoms with Gasteiger partial charge in [-0.05, 0) is 6.92 Å². The highest BCUT2D eigenvalue weighted by atomic mass is 15.4. The highest BCUT2D eigenvalue weighted by molar-refractivity contribution is 5.45. The molecule has 2 rings (SSSR count). The minimum absolute atomic E-state index is 0.388. The molecular formula is C9H14N8. The second-order valence-electron chi connectivity index (χ2n) is 3.46. The fourth-order valence-electron chi connectivity index (χ4n) is 1.33. The fraction of sp³-hybridized carbons (Fsp3) is 0.333. The highest BCUT2D eigenvalue weighted by Crippen LogP contribution is 2.11. The van der Waals surface area contributed by atoms with Gasteiger partial charge in [-0.2, -0.15) is 4.98 Å². The average molecular weight is 234 g/mol. The first-order valence-electron chi connectivity index (χ1n) is 5.18. The number of anilines is 2. The second-order valence-corrected chi connectivity index (χ2v) is 3.46. The molecule has 0 radical (unpaired) electrons. The molecule has 0 fully saturated rings. The predicted molar refractivity (Wildman–Crippen MR) is 63.1 cm³/mol. The van der Waals surface area contributed by atoms with Crippen LogP contribution >= 0.6 is 0 Å². The van der Waals surface area contributed by atoms with Gasteiger partial charge in [0.2, 0.25) is 5.95 Å². The van der Waals surface area contributed by atoms with Gasteiger partial charge in [0, 0.05) is 24.5 Å². The summed E-state index contributed by atoms with van der Waals surface area (Å²) >= 11 is 0. The molecule has 17 heavy (non-hydrogen) atoms. The Kier molecular flexibility index (Phi) is 3.46. The highest BCUT2D eigenvalue weighted by Gasteiger charge is 2.02. The molecular weight excluding hydrogens is 220 g/mol. The standard InChI is InChI=1S/C9H14N8/c1-7-6-12-9(15-10)14-8(7)11-2-4-17-5-3-13-16-17/h3,5-6H,2,4,10H2,1H3,(H2,11,12,14,15). The Bertz CT molecular complexity index is 466. The zero-order valence-corrected chi connectivity index (χ0v) is 9.46. The number of nitrogens with zero attached hydrogens (tertiary/aromatic N) is 5. The number of nitrogens with one attached hydrogen (secondary N) is 2. The summed E-state index contributed by atoms with van der Waals surface area (Å²) in [5.41, 5.74) is 3.37. The van der Waals surface area contributed by atoms with Crippen LogP contribution in [-0.4, -0.2) is 31.5 Å². The molecule has 2 aromatic rings. The van der Waals surface area contributed by atoms with Crippen molar-refractivity contribution >= 4 is 11.8 Å². The lowest BCUT2D eigenvalue weighted by atomic mass is 10.3. The van der Waals surface area contributed by atoms with Crippen molar-refractivity contribution in [3.05, 3.63) is 24.2 Å². The van der Waals surface area contributed by atoms with Crippen molar-refractivity contribution in [3.8, 4) is 0 Å². The lowest BCUT2D eigenvalue weighted by Crippen LogP contribution is -2.15. The maximum atomic E-state index is 5.25. The lowest BCUT2D eigenvalue weighted by molar-refractivity contribution is 0.608. The van der Waals surface area contributed by atoms with E-state index in [1.807, 2.05) is 6.92 Å². The topological polar surface area (TPSA) is 107 Å². The summed E-state index contributed by atoms with van der Waals surface area (Å²) in [7, 11) is 0. The first-order valence-corrected chi connectivity index (χ1v) is 5.18. The van der Waals surface area contributed by atoms with E-state index < -0.39 is 0 Å². The van der Waals surface area contributed by atoms with Crippen LogP contribution in [0, 0.1) is 6.92 Å². The number of hydrogen-bond acceptors (Lipinski definition) is 7. The van der Waals surface area contributed by atoms with Gasteiger partial charge < -0.3 is 5.32 Å². The van der Waals surface area contributed by atoms with Crippen LogP contribution in [0.2, 0.25) is 0 Å². The van der Waals surface area contributed by atoms with Crippen LogP contribution in [0.15, 0.2) is 18.6 Å². The molecule has 2 aromatic heterocycles. The van der Waals surface area contributed by atoms with Gasteiger partial charge in [0.25, 0.3) is 0 Å². The van der Waals surface area contributed by atoms with Crippen molar-refractivity contribution in [2.45, 2.75) is 13.5 Å². The van der Waals surface area contributed by atoms with Crippen molar-refractivity contribution in [2.75, 3.05) is 17.3 Å². The maximum Gasteiger partial charge on any atom is 0.239 e. The van der Waals surface area contributed by atoms with E-state index in [0.29, 0.717) is 12.5 Å². The van der Waals surface area contributed by atoms with E-state index in [1.165, 1.54) is 0 Å². The molecule has 2 heterocycles. The van der Waals surface area contributed by atoms with E-state index >= 15 is 0 Å². The van der Waals surface area contributed by atoms with Gasteiger partial charge in [0.05, 0.1) is 12.7 Å². The van der Waals surface area contributed by atoms with Crippen LogP contribution in [0.5, 0.6) is 0 Å². The Labute approximate surface area is 98.2 Å². The van der Waals surface area contributed by atoms with Gasteiger partial charge in [0.1, 0.15) is 5.82 Å². The number of nitrogens with two attached hydrogens (primary N) is 1. The Balaban J connectivity index is 1.94. The van der Waals surface area contributed by atoms with Crippen molar-refractivity contribution in [1.82, 2.24) is 25.0 Å². The molecule has 0 saturated heterocycles. The molecule has 0 amide bonds. The van der Waals surface area contributed by atoms with Crippen LogP contribution in [0.1, 0.15) is 5.56 Å². The third-order valence-corrected chi connectivity index (χ3v) is 2.21. The predicted octanol–water partition coefficient (Wildman–Crippen LogP) is -0.226. The van der Waals surface area contributed by atoms with E-state index in [-0.39, 0.29) is 0 Å². The average Bonchev–Trinajstić information content (AvgIpc) is 2.84. The molecule has 0 atom stereocenters. The van der Waals surface area contributed by atoms with Crippen molar-refractivity contribution < 1.29 is 0 Å². The van der Waals surface area contributed by atoms with Crippen LogP contribution in [-0.2, 0) is 6.54 Å². The van der Waals surface area contributed by atoms with Crippen molar-refractivity contribution in [3.63, 3.8) is 0 Å². The van der Waals surface area contributed by atoms with Gasteiger partial charge in [0.15, 0.2) is 0 Å². The van der Waals surface area contributed by atoms with E-state index in [1.54, 1.807) is 23.3 Å². The molecule has 90 valence electrons. The summed E-state index contributed by atoms with van der Waals surface area (Å²) in [6.07, 6.45) is 5.16. The summed E-state index contributed by atoms with van der Waals surface area (Å²) in [6.45, 7) is 3.35. The van der Waals surface area contributed by atoms with Crippen LogP contribution in [0.4, 0.5) is 11.8 Å². The van der Waals surface area contributed by atoms with E-state index in [0.717, 1.165) is 17.9 Å². The number of aromatic nitrogens is 5. The lowest BCUT2D eigenvalue weighted by Gasteiger charge is -2.09. The first-order chi connectivity index (χ1) is 8.29. The number of hydrazine groups is 1. The molecule has 0 aromatic carbocycles. The number of aryl methyl sites for hydroxylation is 1. The van der Waals surface area contributed by atoms with Crippen molar-refractivity contribution in [1.29, 1.82) is 0 Å². The summed E-state index contributed by atoms with van der Waals surface area (Å²) < 4.78 is 1.74. The van der Waals surface area contributed by atoms with Gasteiger partial charge in [-0.15, -0.1) is 5.10 Å². The molecule has 0 saturated carbocycles. The number of nitrogen functional groups attached to an aromatic ring is 1. The normalized spacial score (nSPS) is 10.2. The molecule has 0 aliphatic heterocycles. The maximum absolute atomic E-state index is 5.25. The molecule has 8 heteroatoms. The third kappa shape index (κ3) is 2.88. The molecule has 0 unspecified atom stereocenters. The van der Waals surface area contributed by atoms with Gasteiger partial charge >= 0.3 is 0 Å². The van der Waals surface area contributed by atoms with Gasteiger partial charge in [-0.25, -0.2) is 10.8 Å². The number of hydrogen-bond donors (Lipinski definition) is 3.